The quantitative estimate of drug-likeness (QED) is 0.839. The molecule has 0 spiro atoms. The molecule has 0 radical (unpaired) electrons. The summed E-state index contributed by atoms with van der Waals surface area (Å²) < 4.78 is 26.6. The number of para-hydroxylation sites is 1. The zero-order valence-electron chi connectivity index (χ0n) is 9.13. The number of nitrogens with two attached hydrogens (primary N) is 1. The second-order valence-electron chi connectivity index (χ2n) is 4.21. The third-order valence-electron chi connectivity index (χ3n) is 2.94. The van der Waals surface area contributed by atoms with Crippen LogP contribution in [0.2, 0.25) is 0 Å². The molecule has 0 bridgehead atoms. The van der Waals surface area contributed by atoms with Gasteiger partial charge in [0.1, 0.15) is 0 Å². The van der Waals surface area contributed by atoms with Gasteiger partial charge < -0.3 is 10.6 Å². The third kappa shape index (κ3) is 2.32. The van der Waals surface area contributed by atoms with Crippen LogP contribution < -0.4 is 10.6 Å². The Morgan fingerprint density at radius 2 is 2.06 bits per heavy atom. The van der Waals surface area contributed by atoms with Gasteiger partial charge in [-0.25, -0.2) is 8.78 Å². The molecule has 2 rings (SSSR count). The summed E-state index contributed by atoms with van der Waals surface area (Å²) in [5, 5.41) is 0. The van der Waals surface area contributed by atoms with Gasteiger partial charge in [0.25, 0.3) is 5.92 Å². The Bertz CT molecular complexity index is 366. The molecule has 16 heavy (non-hydrogen) atoms. The fourth-order valence-electron chi connectivity index (χ4n) is 2.16. The molecule has 0 atom stereocenters. The number of anilines is 1. The summed E-state index contributed by atoms with van der Waals surface area (Å²) in [5.74, 6) is -2.57. The average Bonchev–Trinajstić information content (AvgIpc) is 2.27. The molecule has 0 saturated carbocycles. The largest absolute Gasteiger partial charge is 0.365 e. The van der Waals surface area contributed by atoms with Crippen LogP contribution in [0.1, 0.15) is 18.4 Å². The van der Waals surface area contributed by atoms with Gasteiger partial charge in [0.2, 0.25) is 0 Å². The predicted octanol–water partition coefficient (Wildman–Crippen LogP) is 2.38. The maximum Gasteiger partial charge on any atom is 0.265 e. The van der Waals surface area contributed by atoms with E-state index in [-0.39, 0.29) is 13.0 Å². The Labute approximate surface area is 94.0 Å². The highest BCUT2D eigenvalue weighted by atomic mass is 19.3. The number of hydrogen-bond donors (Lipinski definition) is 1. The lowest BCUT2D eigenvalue weighted by Crippen LogP contribution is -2.43. The molecule has 0 aliphatic carbocycles. The number of nitrogens with zero attached hydrogens (tertiary/aromatic N) is 1. The highest BCUT2D eigenvalue weighted by molar-refractivity contribution is 5.54. The standard InChI is InChI=1S/C12H16F2N2/c13-12(14)6-3-7-16(9-12)11-5-2-1-4-10(11)8-15/h1-2,4-5H,3,6-9,15H2. The van der Waals surface area contributed by atoms with E-state index in [1.54, 1.807) is 4.90 Å². The SMILES string of the molecule is NCc1ccccc1N1CCCC(F)(F)C1. The van der Waals surface area contributed by atoms with Gasteiger partial charge in [0.05, 0.1) is 6.54 Å². The van der Waals surface area contributed by atoms with Crippen LogP contribution in [0.4, 0.5) is 14.5 Å². The Morgan fingerprint density at radius 3 is 2.75 bits per heavy atom. The number of alkyl halides is 2. The molecule has 1 aromatic rings. The van der Waals surface area contributed by atoms with Crippen molar-refractivity contribution in [2.45, 2.75) is 25.3 Å². The van der Waals surface area contributed by atoms with Crippen molar-refractivity contribution in [3.8, 4) is 0 Å². The number of rotatable bonds is 2. The van der Waals surface area contributed by atoms with Crippen LogP contribution in [0.3, 0.4) is 0 Å². The van der Waals surface area contributed by atoms with Gasteiger partial charge in [0, 0.05) is 25.2 Å². The van der Waals surface area contributed by atoms with E-state index in [9.17, 15) is 8.78 Å². The molecule has 0 unspecified atom stereocenters. The molecular formula is C12H16F2N2. The average molecular weight is 226 g/mol. The van der Waals surface area contributed by atoms with Crippen LogP contribution in [0.25, 0.3) is 0 Å². The number of piperidine rings is 1. The van der Waals surface area contributed by atoms with Crippen LogP contribution in [0, 0.1) is 0 Å². The van der Waals surface area contributed by atoms with Crippen molar-refractivity contribution in [3.63, 3.8) is 0 Å². The second kappa shape index (κ2) is 4.37. The molecule has 0 amide bonds. The second-order valence-corrected chi connectivity index (χ2v) is 4.21. The molecule has 88 valence electrons. The van der Waals surface area contributed by atoms with Crippen LogP contribution in [-0.4, -0.2) is 19.0 Å². The Kier molecular flexibility index (Phi) is 3.10. The van der Waals surface area contributed by atoms with Crippen molar-refractivity contribution < 1.29 is 8.78 Å². The molecule has 1 fully saturated rings. The van der Waals surface area contributed by atoms with Gasteiger partial charge >= 0.3 is 0 Å². The maximum absolute atomic E-state index is 13.3. The molecule has 1 aliphatic heterocycles. The first kappa shape index (κ1) is 11.3. The minimum absolute atomic E-state index is 0.00566. The van der Waals surface area contributed by atoms with E-state index in [0.717, 1.165) is 11.3 Å². The summed E-state index contributed by atoms with van der Waals surface area (Å²) in [4.78, 5) is 1.74. The smallest absolute Gasteiger partial charge is 0.265 e. The molecule has 0 aromatic heterocycles. The van der Waals surface area contributed by atoms with Crippen molar-refractivity contribution in [2.75, 3.05) is 18.0 Å². The van der Waals surface area contributed by atoms with Crippen LogP contribution in [0.5, 0.6) is 0 Å². The summed E-state index contributed by atoms with van der Waals surface area (Å²) in [6.45, 7) is 0.884. The first-order chi connectivity index (χ1) is 7.62. The minimum Gasteiger partial charge on any atom is -0.365 e. The lowest BCUT2D eigenvalue weighted by atomic mass is 10.0. The summed E-state index contributed by atoms with van der Waals surface area (Å²) >= 11 is 0. The van der Waals surface area contributed by atoms with Crippen LogP contribution in [-0.2, 0) is 6.54 Å². The van der Waals surface area contributed by atoms with Crippen LogP contribution >= 0.6 is 0 Å². The number of hydrogen-bond acceptors (Lipinski definition) is 2. The van der Waals surface area contributed by atoms with E-state index >= 15 is 0 Å². The fourth-order valence-corrected chi connectivity index (χ4v) is 2.16. The van der Waals surface area contributed by atoms with E-state index in [4.69, 9.17) is 5.73 Å². The predicted molar refractivity (Wildman–Crippen MR) is 60.7 cm³/mol. The molecular weight excluding hydrogens is 210 g/mol. The number of halogens is 2. The summed E-state index contributed by atoms with van der Waals surface area (Å²) in [7, 11) is 0. The van der Waals surface area contributed by atoms with Crippen molar-refractivity contribution >= 4 is 5.69 Å². The molecule has 4 heteroatoms. The van der Waals surface area contributed by atoms with E-state index in [1.165, 1.54) is 0 Å². The molecule has 2 nitrogen and oxygen atoms in total. The Hall–Kier alpha value is -1.16. The van der Waals surface area contributed by atoms with Crippen molar-refractivity contribution in [2.24, 2.45) is 5.73 Å². The monoisotopic (exact) mass is 226 g/mol. The van der Waals surface area contributed by atoms with Gasteiger partial charge in [-0.3, -0.25) is 0 Å². The zero-order valence-corrected chi connectivity index (χ0v) is 9.13. The molecule has 1 aromatic carbocycles. The normalized spacial score (nSPS) is 19.8. The van der Waals surface area contributed by atoms with Crippen LogP contribution in [0.15, 0.2) is 24.3 Å². The Balaban J connectivity index is 2.23. The van der Waals surface area contributed by atoms with E-state index in [2.05, 4.69) is 0 Å². The molecule has 1 saturated heterocycles. The highest BCUT2D eigenvalue weighted by Crippen LogP contribution is 2.31. The summed E-state index contributed by atoms with van der Waals surface area (Å²) in [5.41, 5.74) is 7.39. The molecule has 1 heterocycles. The van der Waals surface area contributed by atoms with E-state index < -0.39 is 5.92 Å². The lowest BCUT2D eigenvalue weighted by molar-refractivity contribution is -0.0117. The fraction of sp³-hybridized carbons (Fsp3) is 0.500. The number of benzene rings is 1. The van der Waals surface area contributed by atoms with Crippen molar-refractivity contribution in [1.29, 1.82) is 0 Å². The van der Waals surface area contributed by atoms with Gasteiger partial charge in [-0.05, 0) is 18.1 Å². The highest BCUT2D eigenvalue weighted by Gasteiger charge is 2.35. The zero-order chi connectivity index (χ0) is 11.6. The van der Waals surface area contributed by atoms with E-state index in [1.807, 2.05) is 24.3 Å². The topological polar surface area (TPSA) is 29.3 Å². The van der Waals surface area contributed by atoms with Gasteiger partial charge in [0.15, 0.2) is 0 Å². The van der Waals surface area contributed by atoms with E-state index in [0.29, 0.717) is 19.5 Å². The first-order valence-corrected chi connectivity index (χ1v) is 5.53. The first-order valence-electron chi connectivity index (χ1n) is 5.53. The molecule has 2 N–H and O–H groups in total. The van der Waals surface area contributed by atoms with Crippen molar-refractivity contribution in [3.05, 3.63) is 29.8 Å². The van der Waals surface area contributed by atoms with Gasteiger partial charge in [-0.2, -0.15) is 0 Å². The third-order valence-corrected chi connectivity index (χ3v) is 2.94. The molecule has 1 aliphatic rings. The minimum atomic E-state index is -2.57. The lowest BCUT2D eigenvalue weighted by Gasteiger charge is -2.35. The maximum atomic E-state index is 13.3. The van der Waals surface area contributed by atoms with Gasteiger partial charge in [-0.15, -0.1) is 0 Å². The summed E-state index contributed by atoms with van der Waals surface area (Å²) in [6, 6.07) is 7.50. The Morgan fingerprint density at radius 1 is 1.31 bits per heavy atom. The summed E-state index contributed by atoms with van der Waals surface area (Å²) in [6.07, 6.45) is 0.528. The van der Waals surface area contributed by atoms with Crippen molar-refractivity contribution in [1.82, 2.24) is 0 Å². The van der Waals surface area contributed by atoms with Gasteiger partial charge in [-0.1, -0.05) is 18.2 Å².